The summed E-state index contributed by atoms with van der Waals surface area (Å²) in [6, 6.07) is 19.5. The van der Waals surface area contributed by atoms with E-state index in [2.05, 4.69) is 17.1 Å². The number of ether oxygens (including phenoxy) is 2. The molecule has 2 atom stereocenters. The molecule has 1 N–H and O–H groups in total. The number of hydrogen-bond donors (Lipinski definition) is 1. The van der Waals surface area contributed by atoms with Crippen LogP contribution >= 0.6 is 0 Å². The third kappa shape index (κ3) is 7.18. The second-order valence-electron chi connectivity index (χ2n) is 13.5. The maximum absolute atomic E-state index is 15.2. The average molecular weight is 644 g/mol. The number of aryl methyl sites for hydroxylation is 1. The minimum absolute atomic E-state index is 0.130. The number of rotatable bonds is 6. The van der Waals surface area contributed by atoms with E-state index in [-0.39, 0.29) is 30.7 Å². The summed E-state index contributed by atoms with van der Waals surface area (Å²) in [6.07, 6.45) is -0.140. The molecule has 2 aromatic heterocycles. The highest BCUT2D eigenvalue weighted by Gasteiger charge is 2.40. The van der Waals surface area contributed by atoms with Crippen molar-refractivity contribution < 1.29 is 28.6 Å². The third-order valence-electron chi connectivity index (χ3n) is 9.00. The molecule has 2 aromatic carbocycles. The van der Waals surface area contributed by atoms with Gasteiger partial charge >= 0.3 is 6.09 Å². The molecule has 0 radical (unpaired) electrons. The van der Waals surface area contributed by atoms with Crippen LogP contribution in [0.1, 0.15) is 57.1 Å². The zero-order valence-corrected chi connectivity index (χ0v) is 27.4. The largest absolute Gasteiger partial charge is 0.493 e. The Morgan fingerprint density at radius 2 is 1.70 bits per heavy atom. The topological polar surface area (TPSA) is 110 Å². The first kappa shape index (κ1) is 32.3. The number of amides is 2. The highest BCUT2D eigenvalue weighted by molar-refractivity contribution is 5.95. The number of nitrogens with zero attached hydrogens (tertiary/aromatic N) is 5. The van der Waals surface area contributed by atoms with Crippen LogP contribution in [0.4, 0.5) is 9.18 Å². The van der Waals surface area contributed by atoms with Crippen LogP contribution in [0.3, 0.4) is 0 Å². The Labute approximate surface area is 274 Å². The monoisotopic (exact) mass is 643 g/mol. The summed E-state index contributed by atoms with van der Waals surface area (Å²) in [5.41, 5.74) is 3.58. The Morgan fingerprint density at radius 1 is 0.979 bits per heavy atom. The second-order valence-corrected chi connectivity index (χ2v) is 13.5. The quantitative estimate of drug-likeness (QED) is 0.266. The van der Waals surface area contributed by atoms with Gasteiger partial charge in [-0.25, -0.2) is 9.18 Å². The zero-order valence-electron chi connectivity index (χ0n) is 27.4. The van der Waals surface area contributed by atoms with Gasteiger partial charge in [0.15, 0.2) is 0 Å². The maximum Gasteiger partial charge on any atom is 0.410 e. The van der Waals surface area contributed by atoms with Crippen LogP contribution in [0.15, 0.2) is 60.7 Å². The number of pyridine rings is 1. The molecule has 2 aliphatic heterocycles. The summed E-state index contributed by atoms with van der Waals surface area (Å²) in [6.45, 7) is 6.94. The van der Waals surface area contributed by atoms with Gasteiger partial charge in [-0.1, -0.05) is 42.5 Å². The van der Waals surface area contributed by atoms with E-state index < -0.39 is 23.8 Å². The van der Waals surface area contributed by atoms with Gasteiger partial charge in [0.05, 0.1) is 23.5 Å². The molecule has 10 nitrogen and oxygen atoms in total. The van der Waals surface area contributed by atoms with Gasteiger partial charge in [0.25, 0.3) is 0 Å². The van der Waals surface area contributed by atoms with Crippen LogP contribution in [-0.2, 0) is 23.2 Å². The number of hydrogen-bond acceptors (Lipinski definition) is 7. The molecular formula is C36H42FN5O5. The van der Waals surface area contributed by atoms with Crippen LogP contribution in [0.25, 0.3) is 22.2 Å². The molecule has 2 fully saturated rings. The molecule has 47 heavy (non-hydrogen) atoms. The molecule has 2 saturated heterocycles. The normalized spacial score (nSPS) is 19.2. The Kier molecular flexibility index (Phi) is 9.07. The van der Waals surface area contributed by atoms with Crippen LogP contribution in [-0.4, -0.2) is 79.6 Å². The molecule has 0 saturated carbocycles. The van der Waals surface area contributed by atoms with E-state index in [9.17, 15) is 14.7 Å². The average Bonchev–Trinajstić information content (AvgIpc) is 3.38. The van der Waals surface area contributed by atoms with Crippen molar-refractivity contribution in [3.8, 4) is 23.0 Å². The van der Waals surface area contributed by atoms with Crippen molar-refractivity contribution >= 4 is 22.9 Å². The molecule has 2 aliphatic rings. The standard InChI is InChI=1S/C36H42FN5O5/c1-36(2,3)47-35(45)42-19-16-26(29(37)21-42)34(44)41-17-14-24(15-18-41)25-10-11-27-30(20-25)40(4)39-32(27)28-12-13-31(38-33(28)43)46-22-23-8-6-5-7-9-23/h5-13,20,24,26,29H,14-19,21-22H2,1-4H3,(H,38,43). The van der Waals surface area contributed by atoms with Crippen LogP contribution in [0.5, 0.6) is 11.8 Å². The lowest BCUT2D eigenvalue weighted by Gasteiger charge is -2.39. The Morgan fingerprint density at radius 3 is 2.38 bits per heavy atom. The van der Waals surface area contributed by atoms with E-state index in [1.54, 1.807) is 42.5 Å². The number of aromatic hydroxyl groups is 1. The molecule has 4 heterocycles. The summed E-state index contributed by atoms with van der Waals surface area (Å²) >= 11 is 0. The number of fused-ring (bicyclic) bond motifs is 1. The molecule has 4 aromatic rings. The fourth-order valence-electron chi connectivity index (χ4n) is 6.50. The molecule has 0 bridgehead atoms. The van der Waals surface area contributed by atoms with Gasteiger partial charge in [0.2, 0.25) is 17.7 Å². The van der Waals surface area contributed by atoms with Crippen molar-refractivity contribution in [3.05, 3.63) is 71.8 Å². The molecular weight excluding hydrogens is 601 g/mol. The minimum Gasteiger partial charge on any atom is -0.493 e. The van der Waals surface area contributed by atoms with Gasteiger partial charge in [-0.15, -0.1) is 0 Å². The minimum atomic E-state index is -1.42. The maximum atomic E-state index is 15.2. The SMILES string of the molecule is Cn1nc(-c2ccc(OCc3ccccc3)nc2O)c2ccc(C3CCN(C(=O)C4CCN(C(=O)OC(C)(C)C)CC4F)CC3)cc21. The van der Waals surface area contributed by atoms with Crippen molar-refractivity contribution in [3.63, 3.8) is 0 Å². The van der Waals surface area contributed by atoms with Crippen molar-refractivity contribution in [1.29, 1.82) is 0 Å². The fourth-order valence-corrected chi connectivity index (χ4v) is 6.50. The zero-order chi connectivity index (χ0) is 33.3. The number of halogens is 1. The molecule has 0 spiro atoms. The lowest BCUT2D eigenvalue weighted by molar-refractivity contribution is -0.141. The first-order valence-electron chi connectivity index (χ1n) is 16.2. The van der Waals surface area contributed by atoms with E-state index in [1.165, 1.54) is 4.90 Å². The summed E-state index contributed by atoms with van der Waals surface area (Å²) in [4.78, 5) is 33.1. The van der Waals surface area contributed by atoms with Crippen LogP contribution < -0.4 is 4.74 Å². The molecule has 248 valence electrons. The van der Waals surface area contributed by atoms with E-state index in [4.69, 9.17) is 14.6 Å². The van der Waals surface area contributed by atoms with E-state index >= 15 is 4.39 Å². The van der Waals surface area contributed by atoms with E-state index in [0.717, 1.165) is 34.9 Å². The fraction of sp³-hybridized carbons (Fsp3) is 0.444. The predicted molar refractivity (Wildman–Crippen MR) is 176 cm³/mol. The van der Waals surface area contributed by atoms with Crippen LogP contribution in [0, 0.1) is 5.92 Å². The molecule has 11 heteroatoms. The second kappa shape index (κ2) is 13.2. The highest BCUT2D eigenvalue weighted by Crippen LogP contribution is 2.37. The summed E-state index contributed by atoms with van der Waals surface area (Å²) in [5.74, 6) is -0.493. The van der Waals surface area contributed by atoms with Gasteiger partial charge in [-0.3, -0.25) is 9.48 Å². The Hall–Kier alpha value is -4.67. The van der Waals surface area contributed by atoms with E-state index in [1.807, 2.05) is 43.4 Å². The Balaban J connectivity index is 1.07. The Bertz CT molecular complexity index is 1750. The van der Waals surface area contributed by atoms with E-state index in [0.29, 0.717) is 43.4 Å². The van der Waals surface area contributed by atoms with Gasteiger partial charge < -0.3 is 24.4 Å². The first-order valence-corrected chi connectivity index (χ1v) is 16.2. The van der Waals surface area contributed by atoms with Crippen LogP contribution in [0.2, 0.25) is 0 Å². The molecule has 2 unspecified atom stereocenters. The number of benzene rings is 2. The van der Waals surface area contributed by atoms with Crippen molar-refractivity contribution in [2.75, 3.05) is 26.2 Å². The number of carbonyl (C=O) groups excluding carboxylic acids is 2. The molecule has 2 amide bonds. The first-order chi connectivity index (χ1) is 22.5. The third-order valence-corrected chi connectivity index (χ3v) is 9.00. The summed E-state index contributed by atoms with van der Waals surface area (Å²) < 4.78 is 28.1. The van der Waals surface area contributed by atoms with Gasteiger partial charge in [-0.2, -0.15) is 10.1 Å². The van der Waals surface area contributed by atoms with Crippen molar-refractivity contribution in [1.82, 2.24) is 24.6 Å². The lowest BCUT2D eigenvalue weighted by Crippen LogP contribution is -2.52. The number of piperidine rings is 2. The number of carbonyl (C=O) groups is 2. The summed E-state index contributed by atoms with van der Waals surface area (Å²) in [7, 11) is 1.88. The van der Waals surface area contributed by atoms with Crippen molar-refractivity contribution in [2.24, 2.45) is 13.0 Å². The van der Waals surface area contributed by atoms with Gasteiger partial charge in [-0.05, 0) is 69.2 Å². The molecule has 6 rings (SSSR count). The van der Waals surface area contributed by atoms with Crippen molar-refractivity contribution in [2.45, 2.75) is 64.3 Å². The smallest absolute Gasteiger partial charge is 0.410 e. The van der Waals surface area contributed by atoms with Gasteiger partial charge in [0.1, 0.15) is 24.1 Å². The number of likely N-dealkylation sites (tertiary alicyclic amines) is 2. The number of alkyl halides is 1. The lowest BCUT2D eigenvalue weighted by atomic mass is 9.87. The molecule has 0 aliphatic carbocycles. The predicted octanol–water partition coefficient (Wildman–Crippen LogP) is 6.22. The van der Waals surface area contributed by atoms with Gasteiger partial charge in [0, 0.05) is 38.1 Å². The number of aromatic nitrogens is 3. The highest BCUT2D eigenvalue weighted by atomic mass is 19.1. The summed E-state index contributed by atoms with van der Waals surface area (Å²) in [5, 5.41) is 16.4.